The van der Waals surface area contributed by atoms with Crippen LogP contribution in [0.1, 0.15) is 20.3 Å². The van der Waals surface area contributed by atoms with Gasteiger partial charge in [0.15, 0.2) is 0 Å². The van der Waals surface area contributed by atoms with Gasteiger partial charge in [0.2, 0.25) is 15.9 Å². The summed E-state index contributed by atoms with van der Waals surface area (Å²) in [6.07, 6.45) is 1.05. The van der Waals surface area contributed by atoms with E-state index in [2.05, 4.69) is 5.32 Å². The number of benzene rings is 2. The summed E-state index contributed by atoms with van der Waals surface area (Å²) < 4.78 is 43.7. The van der Waals surface area contributed by atoms with Crippen molar-refractivity contribution in [3.8, 4) is 5.75 Å². The molecule has 146 valence electrons. The van der Waals surface area contributed by atoms with Gasteiger partial charge < -0.3 is 10.1 Å². The molecule has 0 aliphatic carbocycles. The molecule has 0 radical (unpaired) electrons. The van der Waals surface area contributed by atoms with Gasteiger partial charge in [-0.3, -0.25) is 9.10 Å². The molecule has 0 aliphatic rings. The molecule has 0 heterocycles. The molecule has 8 heteroatoms. The van der Waals surface area contributed by atoms with E-state index in [1.165, 1.54) is 24.3 Å². The molecule has 1 N–H and O–H groups in total. The average molecular weight is 394 g/mol. The number of nitrogens with zero attached hydrogens (tertiary/aromatic N) is 1. The van der Waals surface area contributed by atoms with Crippen LogP contribution in [-0.2, 0) is 14.8 Å². The third-order valence-corrected chi connectivity index (χ3v) is 4.76. The van der Waals surface area contributed by atoms with Crippen molar-refractivity contribution >= 4 is 27.3 Å². The lowest BCUT2D eigenvalue weighted by Crippen LogP contribution is -2.33. The van der Waals surface area contributed by atoms with Crippen molar-refractivity contribution in [2.45, 2.75) is 26.4 Å². The summed E-state index contributed by atoms with van der Waals surface area (Å²) in [7, 11) is -3.60. The third-order valence-electron chi connectivity index (χ3n) is 3.57. The van der Waals surface area contributed by atoms with Crippen LogP contribution < -0.4 is 14.4 Å². The second kappa shape index (κ2) is 8.85. The van der Waals surface area contributed by atoms with Gasteiger partial charge in [-0.2, -0.15) is 0 Å². The van der Waals surface area contributed by atoms with Gasteiger partial charge in [-0.1, -0.05) is 0 Å². The van der Waals surface area contributed by atoms with E-state index in [1.807, 2.05) is 13.8 Å². The molecule has 6 nitrogen and oxygen atoms in total. The van der Waals surface area contributed by atoms with Gasteiger partial charge in [-0.25, -0.2) is 12.8 Å². The largest absolute Gasteiger partial charge is 0.491 e. The highest BCUT2D eigenvalue weighted by molar-refractivity contribution is 7.92. The molecule has 2 rings (SSSR count). The Morgan fingerprint density at radius 2 is 1.70 bits per heavy atom. The van der Waals surface area contributed by atoms with E-state index < -0.39 is 15.8 Å². The van der Waals surface area contributed by atoms with Crippen molar-refractivity contribution < 1.29 is 22.3 Å². The molecule has 0 aliphatic heterocycles. The Morgan fingerprint density at radius 3 is 2.22 bits per heavy atom. The minimum Gasteiger partial charge on any atom is -0.491 e. The van der Waals surface area contributed by atoms with Gasteiger partial charge >= 0.3 is 0 Å². The van der Waals surface area contributed by atoms with Crippen LogP contribution in [0.25, 0.3) is 0 Å². The molecular weight excluding hydrogens is 371 g/mol. The van der Waals surface area contributed by atoms with Gasteiger partial charge in [0.1, 0.15) is 11.6 Å². The molecule has 0 saturated heterocycles. The molecule has 0 saturated carbocycles. The van der Waals surface area contributed by atoms with Crippen LogP contribution in [0, 0.1) is 5.82 Å². The summed E-state index contributed by atoms with van der Waals surface area (Å²) in [5.74, 6) is -0.0966. The van der Waals surface area contributed by atoms with E-state index in [-0.39, 0.29) is 25.0 Å². The topological polar surface area (TPSA) is 75.7 Å². The van der Waals surface area contributed by atoms with E-state index in [0.717, 1.165) is 10.6 Å². The lowest BCUT2D eigenvalue weighted by atomic mass is 10.2. The van der Waals surface area contributed by atoms with Crippen molar-refractivity contribution in [2.24, 2.45) is 0 Å². The summed E-state index contributed by atoms with van der Waals surface area (Å²) in [4.78, 5) is 12.2. The van der Waals surface area contributed by atoms with E-state index in [9.17, 15) is 17.6 Å². The molecular formula is C19H23FN2O4S. The van der Waals surface area contributed by atoms with Crippen molar-refractivity contribution in [1.29, 1.82) is 0 Å². The Hall–Kier alpha value is -2.61. The maximum atomic E-state index is 13.1. The van der Waals surface area contributed by atoms with Crippen molar-refractivity contribution in [3.63, 3.8) is 0 Å². The number of amides is 1. The molecule has 0 unspecified atom stereocenters. The number of carbonyl (C=O) groups is 1. The van der Waals surface area contributed by atoms with Crippen LogP contribution in [0.4, 0.5) is 15.8 Å². The van der Waals surface area contributed by atoms with Crippen LogP contribution in [0.2, 0.25) is 0 Å². The van der Waals surface area contributed by atoms with Crippen LogP contribution in [0.15, 0.2) is 48.5 Å². The highest BCUT2D eigenvalue weighted by atomic mass is 32.2. The molecule has 0 bridgehead atoms. The zero-order valence-electron chi connectivity index (χ0n) is 15.5. The van der Waals surface area contributed by atoms with Crippen LogP contribution in [-0.4, -0.2) is 33.2 Å². The van der Waals surface area contributed by atoms with Crippen molar-refractivity contribution in [2.75, 3.05) is 22.4 Å². The fourth-order valence-corrected chi connectivity index (χ4v) is 3.34. The molecule has 0 atom stereocenters. The van der Waals surface area contributed by atoms with Gasteiger partial charge in [0.05, 0.1) is 18.0 Å². The number of ether oxygens (including phenoxy) is 1. The fourth-order valence-electron chi connectivity index (χ4n) is 2.41. The second-order valence-corrected chi connectivity index (χ2v) is 8.21. The molecule has 2 aromatic carbocycles. The molecule has 0 aromatic heterocycles. The number of nitrogens with one attached hydrogen (secondary N) is 1. The Morgan fingerprint density at radius 1 is 1.11 bits per heavy atom. The lowest BCUT2D eigenvalue weighted by molar-refractivity contribution is -0.116. The Balaban J connectivity index is 1.98. The van der Waals surface area contributed by atoms with Crippen molar-refractivity contribution in [3.05, 3.63) is 54.3 Å². The highest BCUT2D eigenvalue weighted by Crippen LogP contribution is 2.19. The predicted molar refractivity (Wildman–Crippen MR) is 104 cm³/mol. The molecule has 0 spiro atoms. The molecule has 2 aromatic rings. The summed E-state index contributed by atoms with van der Waals surface area (Å²) in [5.41, 5.74) is 0.894. The smallest absolute Gasteiger partial charge is 0.232 e. The van der Waals surface area contributed by atoms with Crippen LogP contribution in [0.3, 0.4) is 0 Å². The van der Waals surface area contributed by atoms with E-state index >= 15 is 0 Å². The standard InChI is InChI=1S/C19H23FN2O4S/c1-14(2)26-18-10-6-16(7-11-18)21-19(23)12-13-22(27(3,24)25)17-8-4-15(20)5-9-17/h4-11,14H,12-13H2,1-3H3,(H,21,23). The SMILES string of the molecule is CC(C)Oc1ccc(NC(=O)CCN(c2ccc(F)cc2)S(C)(=O)=O)cc1. The van der Waals surface area contributed by atoms with Gasteiger partial charge in [-0.05, 0) is 62.4 Å². The Bertz CT molecular complexity index is 866. The minimum absolute atomic E-state index is 0.0469. The average Bonchev–Trinajstić information content (AvgIpc) is 2.57. The number of hydrogen-bond acceptors (Lipinski definition) is 4. The van der Waals surface area contributed by atoms with Gasteiger partial charge in [0, 0.05) is 18.7 Å². The summed E-state index contributed by atoms with van der Waals surface area (Å²) in [6.45, 7) is 3.79. The zero-order valence-corrected chi connectivity index (χ0v) is 16.3. The summed E-state index contributed by atoms with van der Waals surface area (Å²) in [5, 5.41) is 2.71. The highest BCUT2D eigenvalue weighted by Gasteiger charge is 2.18. The molecule has 0 fully saturated rings. The number of carbonyl (C=O) groups excluding carboxylic acids is 1. The second-order valence-electron chi connectivity index (χ2n) is 6.30. The minimum atomic E-state index is -3.60. The first-order valence-corrected chi connectivity index (χ1v) is 10.3. The zero-order chi connectivity index (χ0) is 20.0. The lowest BCUT2D eigenvalue weighted by Gasteiger charge is -2.22. The monoisotopic (exact) mass is 394 g/mol. The van der Waals surface area contributed by atoms with Gasteiger partial charge in [-0.15, -0.1) is 0 Å². The first kappa shape index (κ1) is 20.7. The Kier molecular flexibility index (Phi) is 6.79. The third kappa shape index (κ3) is 6.56. The number of hydrogen-bond donors (Lipinski definition) is 1. The number of anilines is 2. The van der Waals surface area contributed by atoms with Crippen molar-refractivity contribution in [1.82, 2.24) is 0 Å². The van der Waals surface area contributed by atoms with E-state index in [4.69, 9.17) is 4.74 Å². The van der Waals surface area contributed by atoms with E-state index in [1.54, 1.807) is 24.3 Å². The van der Waals surface area contributed by atoms with E-state index in [0.29, 0.717) is 17.1 Å². The maximum absolute atomic E-state index is 13.1. The molecule has 1 amide bonds. The van der Waals surface area contributed by atoms with Gasteiger partial charge in [0.25, 0.3) is 0 Å². The maximum Gasteiger partial charge on any atom is 0.232 e. The normalized spacial score (nSPS) is 11.3. The van der Waals surface area contributed by atoms with Crippen LogP contribution in [0.5, 0.6) is 5.75 Å². The summed E-state index contributed by atoms with van der Waals surface area (Å²) in [6, 6.07) is 12.0. The summed E-state index contributed by atoms with van der Waals surface area (Å²) >= 11 is 0. The first-order valence-electron chi connectivity index (χ1n) is 8.45. The quantitative estimate of drug-likeness (QED) is 0.745. The predicted octanol–water partition coefficient (Wildman–Crippen LogP) is 3.41. The van der Waals surface area contributed by atoms with Crippen LogP contribution >= 0.6 is 0 Å². The Labute approximate surface area is 159 Å². The molecule has 27 heavy (non-hydrogen) atoms. The number of halogens is 1. The first-order chi connectivity index (χ1) is 12.6. The number of rotatable bonds is 8. The number of sulfonamides is 1. The fraction of sp³-hybridized carbons (Fsp3) is 0.316.